The summed E-state index contributed by atoms with van der Waals surface area (Å²) in [7, 11) is 0. The van der Waals surface area contributed by atoms with E-state index >= 15 is 0 Å². The minimum Gasteiger partial charge on any atom is -0.475 e. The number of primary amides is 1. The zero-order valence-corrected chi connectivity index (χ0v) is 10.9. The third kappa shape index (κ3) is 3.92. The predicted molar refractivity (Wildman–Crippen MR) is 66.6 cm³/mol. The Morgan fingerprint density at radius 3 is 2.30 bits per heavy atom. The van der Waals surface area contributed by atoms with E-state index in [0.29, 0.717) is 5.01 Å². The number of aromatic nitrogens is 1. The van der Waals surface area contributed by atoms with Gasteiger partial charge >= 0.3 is 12.1 Å². The van der Waals surface area contributed by atoms with E-state index in [4.69, 9.17) is 15.6 Å². The van der Waals surface area contributed by atoms with Gasteiger partial charge in [-0.1, -0.05) is 12.1 Å². The summed E-state index contributed by atoms with van der Waals surface area (Å²) >= 11 is 1.33. The van der Waals surface area contributed by atoms with Crippen LogP contribution in [0.5, 0.6) is 0 Å². The number of carbonyl (C=O) groups is 2. The van der Waals surface area contributed by atoms with Gasteiger partial charge in [-0.05, 0) is 18.6 Å². The van der Waals surface area contributed by atoms with Crippen LogP contribution in [0.15, 0.2) is 18.2 Å². The molecule has 0 aliphatic heterocycles. The number of alkyl halides is 3. The molecule has 1 amide bonds. The number of fused-ring (bicyclic) bond motifs is 1. The summed E-state index contributed by atoms with van der Waals surface area (Å²) in [4.78, 5) is 23.9. The molecule has 5 nitrogen and oxygen atoms in total. The summed E-state index contributed by atoms with van der Waals surface area (Å²) in [6.07, 6.45) is -5.08. The highest BCUT2D eigenvalue weighted by Gasteiger charge is 2.38. The summed E-state index contributed by atoms with van der Waals surface area (Å²) in [6.45, 7) is 1.97. The Labute approximate surface area is 114 Å². The van der Waals surface area contributed by atoms with Crippen LogP contribution in [0.1, 0.15) is 15.4 Å². The Morgan fingerprint density at radius 1 is 1.35 bits per heavy atom. The first-order valence-corrected chi connectivity index (χ1v) is 5.90. The van der Waals surface area contributed by atoms with Gasteiger partial charge in [0.15, 0.2) is 5.01 Å². The molecule has 3 N–H and O–H groups in total. The molecule has 0 bridgehead atoms. The zero-order chi connectivity index (χ0) is 15.5. The lowest BCUT2D eigenvalue weighted by atomic mass is 10.2. The Kier molecular flexibility index (Phi) is 4.66. The van der Waals surface area contributed by atoms with Gasteiger partial charge in [-0.25, -0.2) is 9.78 Å². The molecule has 0 saturated carbocycles. The number of rotatable bonds is 1. The maximum absolute atomic E-state index is 10.9. The van der Waals surface area contributed by atoms with E-state index in [1.54, 1.807) is 0 Å². The minimum absolute atomic E-state index is 0.379. The van der Waals surface area contributed by atoms with Crippen molar-refractivity contribution < 1.29 is 27.9 Å². The summed E-state index contributed by atoms with van der Waals surface area (Å²) in [5.41, 5.74) is 7.08. The third-order valence-corrected chi connectivity index (χ3v) is 3.11. The van der Waals surface area contributed by atoms with Gasteiger partial charge in [0.05, 0.1) is 10.2 Å². The van der Waals surface area contributed by atoms with E-state index in [9.17, 15) is 18.0 Å². The number of hydrogen-bond donors (Lipinski definition) is 2. The van der Waals surface area contributed by atoms with Crippen molar-refractivity contribution in [2.45, 2.75) is 13.1 Å². The topological polar surface area (TPSA) is 93.3 Å². The normalized spacial score (nSPS) is 10.8. The minimum atomic E-state index is -5.08. The number of benzene rings is 1. The second-order valence-electron chi connectivity index (χ2n) is 3.61. The van der Waals surface area contributed by atoms with E-state index < -0.39 is 18.1 Å². The Balaban J connectivity index is 0.000000246. The lowest BCUT2D eigenvalue weighted by Gasteiger charge is -1.93. The number of carboxylic acid groups (broad SMARTS) is 1. The van der Waals surface area contributed by atoms with Crippen molar-refractivity contribution in [2.24, 2.45) is 5.73 Å². The molecule has 20 heavy (non-hydrogen) atoms. The Bertz CT molecular complexity index is 652. The Hall–Kier alpha value is -2.16. The van der Waals surface area contributed by atoms with Crippen LogP contribution in [0.2, 0.25) is 0 Å². The molecule has 0 unspecified atom stereocenters. The maximum Gasteiger partial charge on any atom is 0.490 e. The first kappa shape index (κ1) is 15.9. The zero-order valence-electron chi connectivity index (χ0n) is 10.1. The molecule has 0 aliphatic carbocycles. The largest absolute Gasteiger partial charge is 0.490 e. The van der Waals surface area contributed by atoms with Gasteiger partial charge in [0, 0.05) is 0 Å². The van der Waals surface area contributed by atoms with Crippen LogP contribution in [0.3, 0.4) is 0 Å². The number of aryl methyl sites for hydroxylation is 1. The highest BCUT2D eigenvalue weighted by Crippen LogP contribution is 2.23. The number of nitrogens with two attached hydrogens (primary N) is 1. The lowest BCUT2D eigenvalue weighted by Crippen LogP contribution is -2.21. The summed E-state index contributed by atoms with van der Waals surface area (Å²) < 4.78 is 32.7. The second kappa shape index (κ2) is 5.87. The van der Waals surface area contributed by atoms with Crippen molar-refractivity contribution >= 4 is 33.4 Å². The van der Waals surface area contributed by atoms with Crippen LogP contribution < -0.4 is 5.73 Å². The monoisotopic (exact) mass is 306 g/mol. The molecule has 1 aromatic heterocycles. The van der Waals surface area contributed by atoms with Gasteiger partial charge in [-0.2, -0.15) is 13.2 Å². The third-order valence-electron chi connectivity index (χ3n) is 2.07. The molecule has 0 spiro atoms. The molecule has 9 heteroatoms. The molecule has 1 aromatic carbocycles. The molecule has 0 aliphatic rings. The van der Waals surface area contributed by atoms with Crippen LogP contribution in [0.25, 0.3) is 10.2 Å². The predicted octanol–water partition coefficient (Wildman–Crippen LogP) is 2.34. The van der Waals surface area contributed by atoms with Gasteiger partial charge in [-0.15, -0.1) is 11.3 Å². The van der Waals surface area contributed by atoms with Crippen LogP contribution in [0, 0.1) is 6.92 Å². The van der Waals surface area contributed by atoms with Crippen LogP contribution in [-0.4, -0.2) is 28.1 Å². The van der Waals surface area contributed by atoms with Crippen molar-refractivity contribution in [1.82, 2.24) is 4.98 Å². The van der Waals surface area contributed by atoms with Gasteiger partial charge in [-0.3, -0.25) is 4.79 Å². The average molecular weight is 306 g/mol. The first-order chi connectivity index (χ1) is 9.12. The molecule has 108 valence electrons. The fraction of sp³-hybridized carbons (Fsp3) is 0.182. The van der Waals surface area contributed by atoms with E-state index in [-0.39, 0.29) is 0 Å². The molecule has 0 fully saturated rings. The maximum atomic E-state index is 10.9. The molecule has 2 rings (SSSR count). The molecule has 0 radical (unpaired) electrons. The van der Waals surface area contributed by atoms with Crippen LogP contribution in [-0.2, 0) is 4.79 Å². The number of thiazole rings is 1. The van der Waals surface area contributed by atoms with Crippen molar-refractivity contribution in [2.75, 3.05) is 0 Å². The first-order valence-electron chi connectivity index (χ1n) is 5.09. The number of carboxylic acids is 1. The fourth-order valence-electron chi connectivity index (χ4n) is 1.19. The molecular formula is C11H9F3N2O3S. The standard InChI is InChI=1S/C9H8N2OS.C2HF3O2/c1-5-3-2-4-6-7(5)11-9(13-6)8(10)12;3-2(4,5)1(6)7/h2-4H,1H3,(H2,10,12);(H,6,7). The van der Waals surface area contributed by atoms with Gasteiger partial charge in [0.1, 0.15) is 0 Å². The van der Waals surface area contributed by atoms with Crippen LogP contribution >= 0.6 is 11.3 Å². The lowest BCUT2D eigenvalue weighted by molar-refractivity contribution is -0.192. The number of hydrogen-bond acceptors (Lipinski definition) is 4. The van der Waals surface area contributed by atoms with Crippen LogP contribution in [0.4, 0.5) is 13.2 Å². The number of carbonyl (C=O) groups excluding carboxylic acids is 1. The molecule has 2 aromatic rings. The molecule has 0 atom stereocenters. The molecular weight excluding hydrogens is 297 g/mol. The highest BCUT2D eigenvalue weighted by atomic mass is 32.1. The van der Waals surface area contributed by atoms with E-state index in [0.717, 1.165) is 15.8 Å². The van der Waals surface area contributed by atoms with E-state index in [2.05, 4.69) is 4.98 Å². The van der Waals surface area contributed by atoms with Gasteiger partial charge in [0.25, 0.3) is 5.91 Å². The number of amides is 1. The molecule has 0 saturated heterocycles. The van der Waals surface area contributed by atoms with Crippen molar-refractivity contribution in [3.05, 3.63) is 28.8 Å². The van der Waals surface area contributed by atoms with Gasteiger partial charge in [0.2, 0.25) is 0 Å². The summed E-state index contributed by atoms with van der Waals surface area (Å²) in [5, 5.41) is 7.50. The van der Waals surface area contributed by atoms with Crippen molar-refractivity contribution in [3.8, 4) is 0 Å². The number of nitrogens with zero attached hydrogens (tertiary/aromatic N) is 1. The number of aliphatic carboxylic acids is 1. The smallest absolute Gasteiger partial charge is 0.475 e. The summed E-state index contributed by atoms with van der Waals surface area (Å²) in [6, 6.07) is 5.85. The van der Waals surface area contributed by atoms with E-state index in [1.807, 2.05) is 25.1 Å². The van der Waals surface area contributed by atoms with Crippen molar-refractivity contribution in [3.63, 3.8) is 0 Å². The number of halogens is 3. The van der Waals surface area contributed by atoms with E-state index in [1.165, 1.54) is 11.3 Å². The Morgan fingerprint density at radius 2 is 1.90 bits per heavy atom. The van der Waals surface area contributed by atoms with Gasteiger partial charge < -0.3 is 10.8 Å². The second-order valence-corrected chi connectivity index (χ2v) is 4.64. The SMILES string of the molecule is Cc1cccc2sc(C(N)=O)nc12.O=C(O)C(F)(F)F. The summed E-state index contributed by atoms with van der Waals surface area (Å²) in [5.74, 6) is -3.21. The highest BCUT2D eigenvalue weighted by molar-refractivity contribution is 7.20. The average Bonchev–Trinajstić information content (AvgIpc) is 2.74. The number of para-hydroxylation sites is 1. The molecule has 1 heterocycles. The van der Waals surface area contributed by atoms with Crippen molar-refractivity contribution in [1.29, 1.82) is 0 Å². The fourth-order valence-corrected chi connectivity index (χ4v) is 2.09. The quantitative estimate of drug-likeness (QED) is 0.845.